The highest BCUT2D eigenvalue weighted by molar-refractivity contribution is 4.66. The van der Waals surface area contributed by atoms with Crippen LogP contribution in [0.5, 0.6) is 0 Å². The first-order valence-electron chi connectivity index (χ1n) is 5.43. The molecule has 0 aliphatic heterocycles. The second-order valence-electron chi connectivity index (χ2n) is 4.06. The molecular formula is C10H22N2O. The molecule has 1 atom stereocenters. The number of rotatable bonds is 5. The zero-order valence-electron chi connectivity index (χ0n) is 8.34. The van der Waals surface area contributed by atoms with Gasteiger partial charge in [-0.2, -0.15) is 0 Å². The van der Waals surface area contributed by atoms with E-state index in [-0.39, 0.29) is 0 Å². The van der Waals surface area contributed by atoms with Crippen molar-refractivity contribution in [2.75, 3.05) is 13.1 Å². The second kappa shape index (κ2) is 6.35. The van der Waals surface area contributed by atoms with Crippen LogP contribution >= 0.6 is 0 Å². The average Bonchev–Trinajstić information content (AvgIpc) is 2.14. The Morgan fingerprint density at radius 2 is 2.00 bits per heavy atom. The molecule has 0 bridgehead atoms. The highest BCUT2D eigenvalue weighted by atomic mass is 16.3. The quantitative estimate of drug-likeness (QED) is 0.440. The maximum atomic E-state index is 8.80. The van der Waals surface area contributed by atoms with Crippen LogP contribution in [0.15, 0.2) is 0 Å². The Morgan fingerprint density at radius 3 is 2.62 bits per heavy atom. The lowest BCUT2D eigenvalue weighted by atomic mass is 9.87. The van der Waals surface area contributed by atoms with E-state index in [1.54, 1.807) is 0 Å². The fourth-order valence-electron chi connectivity index (χ4n) is 2.03. The van der Waals surface area contributed by atoms with Gasteiger partial charge < -0.3 is 16.2 Å². The minimum atomic E-state index is -0.702. The molecule has 13 heavy (non-hydrogen) atoms. The number of hydrogen-bond acceptors (Lipinski definition) is 3. The molecule has 0 radical (unpaired) electrons. The van der Waals surface area contributed by atoms with Gasteiger partial charge in [0.15, 0.2) is 0 Å². The Kier molecular flexibility index (Phi) is 5.35. The lowest BCUT2D eigenvalue weighted by molar-refractivity contribution is 0.177. The van der Waals surface area contributed by atoms with Gasteiger partial charge in [-0.25, -0.2) is 0 Å². The molecule has 1 aliphatic carbocycles. The molecule has 1 rings (SSSR count). The molecule has 0 aromatic carbocycles. The summed E-state index contributed by atoms with van der Waals surface area (Å²) in [4.78, 5) is 0. The van der Waals surface area contributed by atoms with Crippen molar-refractivity contribution in [1.29, 1.82) is 0 Å². The van der Waals surface area contributed by atoms with Gasteiger partial charge in [-0.05, 0) is 18.9 Å². The third-order valence-corrected chi connectivity index (χ3v) is 2.81. The van der Waals surface area contributed by atoms with Gasteiger partial charge in [-0.3, -0.25) is 0 Å². The highest BCUT2D eigenvalue weighted by Crippen LogP contribution is 2.25. The first-order valence-corrected chi connectivity index (χ1v) is 5.43. The lowest BCUT2D eigenvalue weighted by Crippen LogP contribution is -2.34. The van der Waals surface area contributed by atoms with E-state index in [9.17, 15) is 0 Å². The van der Waals surface area contributed by atoms with E-state index in [2.05, 4.69) is 5.32 Å². The molecule has 1 aliphatic rings. The van der Waals surface area contributed by atoms with Crippen LogP contribution in [0, 0.1) is 5.92 Å². The molecule has 1 unspecified atom stereocenters. The van der Waals surface area contributed by atoms with Crippen LogP contribution in [-0.2, 0) is 0 Å². The first kappa shape index (κ1) is 11.0. The van der Waals surface area contributed by atoms with Crippen molar-refractivity contribution in [2.24, 2.45) is 11.7 Å². The summed E-state index contributed by atoms with van der Waals surface area (Å²) in [5.74, 6) is 0.913. The minimum Gasteiger partial charge on any atom is -0.377 e. The van der Waals surface area contributed by atoms with Crippen LogP contribution in [0.1, 0.15) is 38.5 Å². The van der Waals surface area contributed by atoms with Gasteiger partial charge in [0.2, 0.25) is 0 Å². The van der Waals surface area contributed by atoms with Crippen molar-refractivity contribution in [3.05, 3.63) is 0 Å². The van der Waals surface area contributed by atoms with Crippen molar-refractivity contribution in [1.82, 2.24) is 5.32 Å². The standard InChI is InChI=1S/C10H22N2O/c11-10(13)8-12-7-6-9-4-2-1-3-5-9/h9-10,12-13H,1-8,11H2. The zero-order chi connectivity index (χ0) is 9.52. The molecule has 0 amide bonds. The molecule has 0 aromatic rings. The second-order valence-corrected chi connectivity index (χ2v) is 4.06. The van der Waals surface area contributed by atoms with E-state index in [4.69, 9.17) is 10.8 Å². The molecule has 0 aromatic heterocycles. The van der Waals surface area contributed by atoms with Gasteiger partial charge in [0.25, 0.3) is 0 Å². The lowest BCUT2D eigenvalue weighted by Gasteiger charge is -2.21. The maximum absolute atomic E-state index is 8.80. The van der Waals surface area contributed by atoms with Crippen LogP contribution in [0.2, 0.25) is 0 Å². The summed E-state index contributed by atoms with van der Waals surface area (Å²) in [6, 6.07) is 0. The first-order chi connectivity index (χ1) is 6.29. The van der Waals surface area contributed by atoms with Gasteiger partial charge >= 0.3 is 0 Å². The normalized spacial score (nSPS) is 21.7. The SMILES string of the molecule is NC(O)CNCCC1CCCCC1. The highest BCUT2D eigenvalue weighted by Gasteiger charge is 2.12. The molecule has 1 fully saturated rings. The number of nitrogens with two attached hydrogens (primary N) is 1. The molecule has 3 heteroatoms. The van der Waals surface area contributed by atoms with Gasteiger partial charge in [0.05, 0.1) is 0 Å². The molecule has 78 valence electrons. The van der Waals surface area contributed by atoms with E-state index < -0.39 is 6.23 Å². The van der Waals surface area contributed by atoms with Crippen LogP contribution in [-0.4, -0.2) is 24.4 Å². The zero-order valence-corrected chi connectivity index (χ0v) is 8.34. The van der Waals surface area contributed by atoms with Crippen molar-refractivity contribution in [3.63, 3.8) is 0 Å². The van der Waals surface area contributed by atoms with E-state index in [0.717, 1.165) is 12.5 Å². The summed E-state index contributed by atoms with van der Waals surface area (Å²) >= 11 is 0. The molecule has 1 saturated carbocycles. The topological polar surface area (TPSA) is 58.3 Å². The average molecular weight is 186 g/mol. The number of aliphatic hydroxyl groups is 1. The third-order valence-electron chi connectivity index (χ3n) is 2.81. The molecule has 0 spiro atoms. The number of aliphatic hydroxyl groups excluding tert-OH is 1. The summed E-state index contributed by atoms with van der Waals surface area (Å²) in [5, 5.41) is 12.0. The maximum Gasteiger partial charge on any atom is 0.115 e. The largest absolute Gasteiger partial charge is 0.377 e. The van der Waals surface area contributed by atoms with Gasteiger partial charge in [-0.15, -0.1) is 0 Å². The molecule has 0 saturated heterocycles. The summed E-state index contributed by atoms with van der Waals surface area (Å²) in [5.41, 5.74) is 5.20. The third kappa shape index (κ3) is 5.24. The van der Waals surface area contributed by atoms with Crippen LogP contribution in [0.25, 0.3) is 0 Å². The molecule has 4 N–H and O–H groups in total. The molecule has 0 heterocycles. The Morgan fingerprint density at radius 1 is 1.31 bits per heavy atom. The van der Waals surface area contributed by atoms with Crippen molar-refractivity contribution >= 4 is 0 Å². The Balaban J connectivity index is 1.92. The molecular weight excluding hydrogens is 164 g/mol. The van der Waals surface area contributed by atoms with Gasteiger partial charge in [0, 0.05) is 6.54 Å². The van der Waals surface area contributed by atoms with E-state index >= 15 is 0 Å². The van der Waals surface area contributed by atoms with Crippen molar-refractivity contribution < 1.29 is 5.11 Å². The van der Waals surface area contributed by atoms with E-state index in [1.807, 2.05) is 0 Å². The summed E-state index contributed by atoms with van der Waals surface area (Å²) in [7, 11) is 0. The Bertz CT molecular complexity index is 122. The Labute approximate surface area is 80.7 Å². The minimum absolute atomic E-state index is 0.521. The van der Waals surface area contributed by atoms with Crippen LogP contribution in [0.3, 0.4) is 0 Å². The summed E-state index contributed by atoms with van der Waals surface area (Å²) in [6.45, 7) is 1.52. The van der Waals surface area contributed by atoms with Gasteiger partial charge in [0.1, 0.15) is 6.23 Å². The van der Waals surface area contributed by atoms with Crippen molar-refractivity contribution in [3.8, 4) is 0 Å². The van der Waals surface area contributed by atoms with Crippen LogP contribution in [0.4, 0.5) is 0 Å². The predicted octanol–water partition coefficient (Wildman–Crippen LogP) is 0.823. The number of hydrogen-bond donors (Lipinski definition) is 3. The summed E-state index contributed by atoms with van der Waals surface area (Å²) in [6.07, 6.45) is 7.57. The van der Waals surface area contributed by atoms with E-state index in [0.29, 0.717) is 6.54 Å². The van der Waals surface area contributed by atoms with Gasteiger partial charge in [-0.1, -0.05) is 32.1 Å². The smallest absolute Gasteiger partial charge is 0.115 e. The predicted molar refractivity (Wildman–Crippen MR) is 54.3 cm³/mol. The van der Waals surface area contributed by atoms with E-state index in [1.165, 1.54) is 38.5 Å². The summed E-state index contributed by atoms with van der Waals surface area (Å²) < 4.78 is 0. The fourth-order valence-corrected chi connectivity index (χ4v) is 2.03. The fraction of sp³-hybridized carbons (Fsp3) is 1.00. The van der Waals surface area contributed by atoms with Crippen LogP contribution < -0.4 is 11.1 Å². The monoisotopic (exact) mass is 186 g/mol. The molecule has 3 nitrogen and oxygen atoms in total. The Hall–Kier alpha value is -0.120. The number of nitrogens with one attached hydrogen (secondary N) is 1. The van der Waals surface area contributed by atoms with Crippen molar-refractivity contribution in [2.45, 2.75) is 44.8 Å².